The number of amides is 2. The van der Waals surface area contributed by atoms with Gasteiger partial charge in [-0.05, 0) is 50.2 Å². The molecule has 0 unspecified atom stereocenters. The molecule has 1 N–H and O–H groups in total. The van der Waals surface area contributed by atoms with Gasteiger partial charge in [0.1, 0.15) is 0 Å². The number of nitrogens with zero attached hydrogens (tertiary/aromatic N) is 3. The Morgan fingerprint density at radius 3 is 2.50 bits per heavy atom. The Morgan fingerprint density at radius 1 is 1.17 bits per heavy atom. The van der Waals surface area contributed by atoms with Crippen molar-refractivity contribution in [3.8, 4) is 0 Å². The third kappa shape index (κ3) is 4.36. The number of hydrogen-bond donors (Lipinski definition) is 1. The van der Waals surface area contributed by atoms with Crippen LogP contribution >= 0.6 is 0 Å². The third-order valence-corrected chi connectivity index (χ3v) is 7.07. The summed E-state index contributed by atoms with van der Waals surface area (Å²) in [6, 6.07) is 8.52. The van der Waals surface area contributed by atoms with E-state index in [2.05, 4.69) is 36.1 Å². The summed E-state index contributed by atoms with van der Waals surface area (Å²) in [4.78, 5) is 40.6. The molecule has 3 aliphatic heterocycles. The minimum absolute atomic E-state index is 0.00826. The molecule has 0 saturated carbocycles. The van der Waals surface area contributed by atoms with Crippen LogP contribution in [0.2, 0.25) is 0 Å². The number of carbonyl (C=O) groups excluding carboxylic acids is 2. The van der Waals surface area contributed by atoms with E-state index in [1.54, 1.807) is 0 Å². The molecule has 0 bridgehead atoms. The first-order valence-corrected chi connectivity index (χ1v) is 10.8. The summed E-state index contributed by atoms with van der Waals surface area (Å²) in [6.45, 7) is 5.70. The predicted octanol–water partition coefficient (Wildman–Crippen LogP) is 1.99. The summed E-state index contributed by atoms with van der Waals surface area (Å²) >= 11 is 0. The van der Waals surface area contributed by atoms with E-state index in [1.807, 2.05) is 16.8 Å². The quantitative estimate of drug-likeness (QED) is 0.747. The largest absolute Gasteiger partial charge is 0.483 e. The van der Waals surface area contributed by atoms with Crippen LogP contribution in [0.3, 0.4) is 0 Å². The lowest BCUT2D eigenvalue weighted by atomic mass is 9.68. The number of carbonyl (C=O) groups is 3. The third-order valence-electron chi connectivity index (χ3n) is 7.07. The van der Waals surface area contributed by atoms with Crippen molar-refractivity contribution in [1.82, 2.24) is 14.7 Å². The fourth-order valence-electron chi connectivity index (χ4n) is 5.42. The van der Waals surface area contributed by atoms with E-state index in [0.717, 1.165) is 58.3 Å². The van der Waals surface area contributed by atoms with Crippen LogP contribution in [0.5, 0.6) is 0 Å². The second-order valence-corrected chi connectivity index (χ2v) is 8.69. The van der Waals surface area contributed by atoms with Gasteiger partial charge in [-0.3, -0.25) is 19.3 Å². The number of likely N-dealkylation sites (tertiary alicyclic amines) is 2. The first-order chi connectivity index (χ1) is 14.4. The summed E-state index contributed by atoms with van der Waals surface area (Å²) in [7, 11) is 1.90. The van der Waals surface area contributed by atoms with E-state index >= 15 is 0 Å². The summed E-state index contributed by atoms with van der Waals surface area (Å²) < 4.78 is 0. The van der Waals surface area contributed by atoms with E-state index in [-0.39, 0.29) is 29.7 Å². The highest BCUT2D eigenvalue weighted by atomic mass is 16.3. The second-order valence-electron chi connectivity index (χ2n) is 8.69. The lowest BCUT2D eigenvalue weighted by Crippen LogP contribution is -2.62. The molecule has 1 aromatic carbocycles. The highest BCUT2D eigenvalue weighted by Gasteiger charge is 2.51. The molecule has 30 heavy (non-hydrogen) atoms. The van der Waals surface area contributed by atoms with Crippen molar-refractivity contribution in [3.05, 3.63) is 35.4 Å². The van der Waals surface area contributed by atoms with Gasteiger partial charge < -0.3 is 14.9 Å². The minimum atomic E-state index is -0.366. The zero-order valence-electron chi connectivity index (χ0n) is 18.0. The van der Waals surface area contributed by atoms with Gasteiger partial charge in [-0.25, -0.2) is 0 Å². The molecular formula is C23H33N3O4. The SMILES string of the molecule is C[C@H]1N(C(=O)CN2CCc3ccccc3C2)CCC[C@@]12CCCN(C)C2=O.O=CO. The van der Waals surface area contributed by atoms with Crippen LogP contribution in [0.25, 0.3) is 0 Å². The fraction of sp³-hybridized carbons (Fsp3) is 0.609. The Bertz CT molecular complexity index is 779. The van der Waals surface area contributed by atoms with Crippen LogP contribution in [-0.2, 0) is 27.3 Å². The van der Waals surface area contributed by atoms with Gasteiger partial charge in [0.15, 0.2) is 0 Å². The molecule has 2 atom stereocenters. The van der Waals surface area contributed by atoms with Crippen LogP contribution in [0.15, 0.2) is 24.3 Å². The summed E-state index contributed by atoms with van der Waals surface area (Å²) in [5, 5.41) is 6.89. The van der Waals surface area contributed by atoms with Gasteiger partial charge in [-0.1, -0.05) is 24.3 Å². The monoisotopic (exact) mass is 415 g/mol. The molecule has 4 rings (SSSR count). The van der Waals surface area contributed by atoms with E-state index in [0.29, 0.717) is 6.54 Å². The molecule has 0 aromatic heterocycles. The van der Waals surface area contributed by atoms with Gasteiger partial charge in [-0.2, -0.15) is 0 Å². The zero-order chi connectivity index (χ0) is 21.7. The molecule has 3 aliphatic rings. The summed E-state index contributed by atoms with van der Waals surface area (Å²) in [5.74, 6) is 0.424. The van der Waals surface area contributed by atoms with Gasteiger partial charge in [-0.15, -0.1) is 0 Å². The molecule has 1 aromatic rings. The van der Waals surface area contributed by atoms with Crippen molar-refractivity contribution in [3.63, 3.8) is 0 Å². The lowest BCUT2D eigenvalue weighted by molar-refractivity contribution is -0.158. The van der Waals surface area contributed by atoms with E-state index in [4.69, 9.17) is 9.90 Å². The predicted molar refractivity (Wildman–Crippen MR) is 114 cm³/mol. The Balaban J connectivity index is 0.000000806. The van der Waals surface area contributed by atoms with Gasteiger partial charge in [0, 0.05) is 39.3 Å². The standard InChI is InChI=1S/C22H31N3O2.CH2O2/c1-17-22(10-5-12-23(2)21(22)27)11-6-13-25(17)20(26)16-24-14-9-18-7-3-4-8-19(18)15-24;2-1-3/h3-4,7-8,17H,5-6,9-16H2,1-2H3;1H,(H,2,3)/t17-,22+;/m1./s1. The number of fused-ring (bicyclic) bond motifs is 1. The lowest BCUT2D eigenvalue weighted by Gasteiger charge is -2.51. The smallest absolute Gasteiger partial charge is 0.290 e. The normalized spacial score (nSPS) is 26.6. The molecule has 7 nitrogen and oxygen atoms in total. The Kier molecular flexibility index (Phi) is 7.13. The van der Waals surface area contributed by atoms with Gasteiger partial charge in [0.2, 0.25) is 11.8 Å². The highest BCUT2D eigenvalue weighted by molar-refractivity contribution is 5.86. The van der Waals surface area contributed by atoms with Gasteiger partial charge in [0.25, 0.3) is 6.47 Å². The van der Waals surface area contributed by atoms with Crippen LogP contribution in [0.4, 0.5) is 0 Å². The van der Waals surface area contributed by atoms with E-state index in [1.165, 1.54) is 11.1 Å². The minimum Gasteiger partial charge on any atom is -0.483 e. The van der Waals surface area contributed by atoms with Crippen LogP contribution in [-0.4, -0.2) is 77.4 Å². The first-order valence-electron chi connectivity index (χ1n) is 10.8. The molecule has 164 valence electrons. The van der Waals surface area contributed by atoms with Crippen molar-refractivity contribution in [1.29, 1.82) is 0 Å². The Labute approximate surface area is 178 Å². The molecular weight excluding hydrogens is 382 g/mol. The van der Waals surface area contributed by atoms with Crippen molar-refractivity contribution >= 4 is 18.3 Å². The van der Waals surface area contributed by atoms with Crippen LogP contribution in [0, 0.1) is 5.41 Å². The fourth-order valence-corrected chi connectivity index (χ4v) is 5.42. The number of carboxylic acid groups (broad SMARTS) is 1. The summed E-state index contributed by atoms with van der Waals surface area (Å²) in [5.41, 5.74) is 2.38. The number of piperidine rings is 2. The molecule has 3 heterocycles. The number of rotatable bonds is 2. The van der Waals surface area contributed by atoms with Crippen molar-refractivity contribution < 1.29 is 19.5 Å². The number of benzene rings is 1. The van der Waals surface area contributed by atoms with Crippen LogP contribution < -0.4 is 0 Å². The summed E-state index contributed by atoms with van der Waals surface area (Å²) in [6.07, 6.45) is 4.80. The maximum absolute atomic E-state index is 13.2. The molecule has 2 amide bonds. The molecule has 1 spiro atoms. The Hall–Kier alpha value is -2.41. The van der Waals surface area contributed by atoms with Crippen molar-refractivity contribution in [2.24, 2.45) is 5.41 Å². The molecule has 0 radical (unpaired) electrons. The average Bonchev–Trinajstić information content (AvgIpc) is 2.74. The van der Waals surface area contributed by atoms with Gasteiger partial charge >= 0.3 is 0 Å². The maximum Gasteiger partial charge on any atom is 0.290 e. The second kappa shape index (κ2) is 9.60. The Morgan fingerprint density at radius 2 is 1.80 bits per heavy atom. The molecule has 7 heteroatoms. The van der Waals surface area contributed by atoms with Gasteiger partial charge in [0.05, 0.1) is 12.0 Å². The first kappa shape index (κ1) is 22.3. The molecule has 2 saturated heterocycles. The highest BCUT2D eigenvalue weighted by Crippen LogP contribution is 2.43. The maximum atomic E-state index is 13.2. The van der Waals surface area contributed by atoms with E-state index in [9.17, 15) is 9.59 Å². The average molecular weight is 416 g/mol. The topological polar surface area (TPSA) is 81.2 Å². The van der Waals surface area contributed by atoms with E-state index < -0.39 is 0 Å². The van der Waals surface area contributed by atoms with Crippen molar-refractivity contribution in [2.45, 2.75) is 51.6 Å². The zero-order valence-corrected chi connectivity index (χ0v) is 18.0. The number of hydrogen-bond acceptors (Lipinski definition) is 4. The van der Waals surface area contributed by atoms with Crippen LogP contribution in [0.1, 0.15) is 43.7 Å². The molecule has 0 aliphatic carbocycles. The van der Waals surface area contributed by atoms with Crippen molar-refractivity contribution in [2.75, 3.05) is 33.2 Å². The molecule has 2 fully saturated rings.